The Hall–Kier alpha value is -8.46. The van der Waals surface area contributed by atoms with Gasteiger partial charge in [0.15, 0.2) is 5.54 Å². The quantitative estimate of drug-likeness (QED) is 0.0256. The fourth-order valence-corrected chi connectivity index (χ4v) is 14.4. The average Bonchev–Trinajstić information content (AvgIpc) is 1.60. The lowest BCUT2D eigenvalue weighted by Gasteiger charge is -2.37. The Labute approximate surface area is 580 Å². The number of rotatable bonds is 37. The van der Waals surface area contributed by atoms with E-state index in [0.717, 1.165) is 11.1 Å². The van der Waals surface area contributed by atoms with Gasteiger partial charge in [-0.1, -0.05) is 140 Å². The van der Waals surface area contributed by atoms with Crippen LogP contribution in [0.4, 0.5) is 0 Å². The highest BCUT2D eigenvalue weighted by molar-refractivity contribution is 5.99. The number of aliphatic hydroxyl groups is 1. The van der Waals surface area contributed by atoms with Crippen molar-refractivity contribution < 1.29 is 57.7 Å². The van der Waals surface area contributed by atoms with Crippen molar-refractivity contribution in [3.63, 3.8) is 0 Å². The zero-order valence-corrected chi connectivity index (χ0v) is 57.6. The summed E-state index contributed by atoms with van der Waals surface area (Å²) in [4.78, 5) is 117. The van der Waals surface area contributed by atoms with E-state index in [2.05, 4.69) is 52.8 Å². The normalized spacial score (nSPS) is 21.4. The van der Waals surface area contributed by atoms with Crippen molar-refractivity contribution in [2.24, 2.45) is 11.8 Å². The Bertz CT molecular complexity index is 3320. The van der Waals surface area contributed by atoms with Crippen LogP contribution in [0, 0.1) is 11.8 Å². The maximum Gasteiger partial charge on any atom is 0.255 e. The Kier molecular flexibility index (Phi) is 28.4. The van der Waals surface area contributed by atoms with Crippen LogP contribution in [-0.4, -0.2) is 199 Å². The number of nitrogens with zero attached hydrogens (tertiary/aromatic N) is 5. The number of likely N-dealkylation sites (N-methyl/N-ethyl adjacent to an activating group) is 2. The molecule has 8 amide bonds. The van der Waals surface area contributed by atoms with E-state index in [1.165, 1.54) is 0 Å². The van der Waals surface area contributed by atoms with Crippen molar-refractivity contribution in [1.29, 1.82) is 0 Å². The number of aromatic nitrogens is 3. The van der Waals surface area contributed by atoms with Gasteiger partial charge in [0.1, 0.15) is 24.2 Å². The van der Waals surface area contributed by atoms with E-state index in [0.29, 0.717) is 146 Å². The second-order valence-electron chi connectivity index (χ2n) is 26.1. The molecule has 10 atom stereocenters. The summed E-state index contributed by atoms with van der Waals surface area (Å²) in [5, 5.41) is 43.4. The summed E-state index contributed by atoms with van der Waals surface area (Å²) in [5.41, 5.74) is 1.85. The fraction of sp³-hybridized carbons (Fsp3) is 0.541. The summed E-state index contributed by atoms with van der Waals surface area (Å²) in [6.07, 6.45) is 8.68. The highest BCUT2D eigenvalue weighted by Gasteiger charge is 2.52. The van der Waals surface area contributed by atoms with Crippen molar-refractivity contribution in [2.75, 3.05) is 73.4 Å². The van der Waals surface area contributed by atoms with Crippen LogP contribution in [0.3, 0.4) is 0 Å². The maximum absolute atomic E-state index is 14.9. The minimum Gasteiger partial charge on any atom is -0.396 e. The lowest BCUT2D eigenvalue weighted by Crippen LogP contribution is -2.62. The van der Waals surface area contributed by atoms with Crippen molar-refractivity contribution in [3.8, 4) is 0 Å². The molecule has 5 aromatic rings. The van der Waals surface area contributed by atoms with Crippen molar-refractivity contribution in [3.05, 3.63) is 155 Å². The topological polar surface area (TPSA) is 318 Å². The minimum atomic E-state index is -1.69. The number of carbonyl (C=O) groups is 8. The molecule has 0 unspecified atom stereocenters. The molecule has 99 heavy (non-hydrogen) atoms. The standard InChI is InChI=1S/C74H101N13O12/c1-5-59(75-3)67(90)80-65-52(29-32-57-34-36-61(86(57)71(65)94)69(92)79-64(50-21-11-7-12-22-50)51-23-13-8-14-24-51)47-78-63(89)38-31-56-48-85(84-83-56)40-20-42-98-44-46-99-45-43-97-41-19-39-77-73(96)74(54-25-15-9-16-26-54,55-27-17-10-18-28-55)82-70(93)62-37-35-58-33-30-53(49-88)66(72(95)87(58)62)81-68(91)60(6-2)76-4/h7-18,21-28,48,52-53,57-62,64-66,75-76,88H,5-6,19-20,29-47,49H2,1-4H3,(H,77,96)(H,78,89)(H,79,92)(H,80,90)(H,81,91)(H,82,93)/t52-,53-,57+,58+,59+,60+,61+,62+,65+,66+/m1/s1. The van der Waals surface area contributed by atoms with Crippen molar-refractivity contribution in [1.82, 2.24) is 67.3 Å². The lowest BCUT2D eigenvalue weighted by atomic mass is 9.81. The van der Waals surface area contributed by atoms with Gasteiger partial charge in [-0.2, -0.15) is 0 Å². The molecule has 0 spiro atoms. The molecule has 4 aromatic carbocycles. The Morgan fingerprint density at radius 1 is 0.586 bits per heavy atom. The number of aliphatic hydroxyl groups excluding tert-OH is 1. The predicted octanol–water partition coefficient (Wildman–Crippen LogP) is 3.74. The van der Waals surface area contributed by atoms with Crippen LogP contribution in [0.15, 0.2) is 128 Å². The zero-order valence-electron chi connectivity index (χ0n) is 57.6. The summed E-state index contributed by atoms with van der Waals surface area (Å²) < 4.78 is 19.1. The number of fused-ring (bicyclic) bond motifs is 2. The van der Waals surface area contributed by atoms with Crippen molar-refractivity contribution >= 4 is 47.3 Å². The highest BCUT2D eigenvalue weighted by atomic mass is 16.5. The monoisotopic (exact) mass is 1360 g/mol. The molecule has 4 aliphatic rings. The third-order valence-electron chi connectivity index (χ3n) is 19.9. The number of hydrogen-bond acceptors (Lipinski definition) is 16. The molecule has 0 saturated carbocycles. The van der Waals surface area contributed by atoms with E-state index in [4.69, 9.17) is 14.2 Å². The third kappa shape index (κ3) is 19.3. The molecule has 25 heteroatoms. The van der Waals surface area contributed by atoms with Gasteiger partial charge < -0.3 is 71.7 Å². The highest BCUT2D eigenvalue weighted by Crippen LogP contribution is 2.38. The van der Waals surface area contributed by atoms with E-state index in [-0.39, 0.29) is 67.7 Å². The van der Waals surface area contributed by atoms with Crippen LogP contribution in [0.1, 0.15) is 131 Å². The molecule has 4 saturated heterocycles. The van der Waals surface area contributed by atoms with Gasteiger partial charge in [-0.3, -0.25) is 43.0 Å². The third-order valence-corrected chi connectivity index (χ3v) is 19.9. The first kappa shape index (κ1) is 74.8. The van der Waals surface area contributed by atoms with Crippen molar-refractivity contribution in [2.45, 2.75) is 170 Å². The fourth-order valence-electron chi connectivity index (χ4n) is 14.4. The molecule has 9 N–H and O–H groups in total. The molecular weight excluding hydrogens is 1260 g/mol. The summed E-state index contributed by atoms with van der Waals surface area (Å²) in [5.74, 6) is -3.80. The van der Waals surface area contributed by atoms with Crippen LogP contribution in [0.25, 0.3) is 0 Å². The van der Waals surface area contributed by atoms with Gasteiger partial charge in [0.25, 0.3) is 5.91 Å². The van der Waals surface area contributed by atoms with E-state index in [9.17, 15) is 43.5 Å². The van der Waals surface area contributed by atoms with Gasteiger partial charge in [-0.15, -0.1) is 5.10 Å². The van der Waals surface area contributed by atoms with E-state index >= 15 is 0 Å². The number of aryl methyl sites for hydroxylation is 2. The van der Waals surface area contributed by atoms with Gasteiger partial charge in [0.05, 0.1) is 50.2 Å². The molecule has 9 rings (SSSR count). The predicted molar refractivity (Wildman–Crippen MR) is 371 cm³/mol. The van der Waals surface area contributed by atoms with Crippen LogP contribution in [0.5, 0.6) is 0 Å². The number of nitrogens with one attached hydrogen (secondary N) is 8. The Balaban J connectivity index is 0.673. The molecule has 0 aliphatic carbocycles. The molecule has 1 aromatic heterocycles. The molecule has 25 nitrogen and oxygen atoms in total. The maximum atomic E-state index is 14.9. The molecule has 4 aliphatic heterocycles. The Morgan fingerprint density at radius 2 is 1.06 bits per heavy atom. The second kappa shape index (κ2) is 37.7. The van der Waals surface area contributed by atoms with Crippen LogP contribution >= 0.6 is 0 Å². The van der Waals surface area contributed by atoms with E-state index in [1.54, 1.807) is 77.1 Å². The molecule has 4 fully saturated rings. The first-order chi connectivity index (χ1) is 48.2. The summed E-state index contributed by atoms with van der Waals surface area (Å²) in [6, 6.07) is 31.9. The summed E-state index contributed by atoms with van der Waals surface area (Å²) in [6.45, 7) is 6.56. The molecule has 0 bridgehead atoms. The molecular formula is C74H101N13O12. The van der Waals surface area contributed by atoms with E-state index < -0.39 is 77.4 Å². The molecule has 5 heterocycles. The number of ether oxygens (including phenoxy) is 3. The first-order valence-corrected chi connectivity index (χ1v) is 35.4. The minimum absolute atomic E-state index is 0.139. The number of amides is 8. The number of carbonyl (C=O) groups excluding carboxylic acids is 8. The molecule has 534 valence electrons. The zero-order chi connectivity index (χ0) is 70.1. The van der Waals surface area contributed by atoms with Gasteiger partial charge in [-0.05, 0) is 113 Å². The average molecular weight is 1360 g/mol. The SMILES string of the molecule is CC[C@H](NC)C(=O)N[C@@H]1C(=O)N2[C@@H](CC[C@@H]1CNC(=O)CCc1cn(CCCOCCOCCOCCCNC(=O)C(NC(=O)[C@@H]3CC[C@@H]4CC[C@H](CO)[C@H](NC(=O)[C@H](CC)NC)C(=O)N43)(c3ccccc3)c3ccccc3)nn1)CC[C@H]2C(=O)NC(c1ccccc1)c1ccccc1. The summed E-state index contributed by atoms with van der Waals surface area (Å²) >= 11 is 0. The van der Waals surface area contributed by atoms with Gasteiger partial charge >= 0.3 is 0 Å². The van der Waals surface area contributed by atoms with Crippen LogP contribution in [0.2, 0.25) is 0 Å². The lowest BCUT2D eigenvalue weighted by molar-refractivity contribution is -0.145. The van der Waals surface area contributed by atoms with Gasteiger partial charge in [-0.25, -0.2) is 0 Å². The largest absolute Gasteiger partial charge is 0.396 e. The van der Waals surface area contributed by atoms with Gasteiger partial charge in [0.2, 0.25) is 41.4 Å². The van der Waals surface area contributed by atoms with E-state index in [1.807, 2.05) is 92.8 Å². The van der Waals surface area contributed by atoms with Crippen LogP contribution in [-0.2, 0) is 71.1 Å². The first-order valence-electron chi connectivity index (χ1n) is 35.4. The number of benzene rings is 4. The second-order valence-corrected chi connectivity index (χ2v) is 26.1. The van der Waals surface area contributed by atoms with Crippen LogP contribution < -0.4 is 42.5 Å². The summed E-state index contributed by atoms with van der Waals surface area (Å²) in [7, 11) is 3.38. The molecule has 0 radical (unpaired) electrons. The Morgan fingerprint density at radius 3 is 1.58 bits per heavy atom. The smallest absolute Gasteiger partial charge is 0.255 e. The number of hydrogen-bond donors (Lipinski definition) is 9. The van der Waals surface area contributed by atoms with Gasteiger partial charge in [0, 0.05) is 82.4 Å².